The molecule has 122 valence electrons. The summed E-state index contributed by atoms with van der Waals surface area (Å²) in [6.07, 6.45) is 0.974. The Bertz CT molecular complexity index is 764. The highest BCUT2D eigenvalue weighted by atomic mass is 32.2. The fourth-order valence-electron chi connectivity index (χ4n) is 3.26. The van der Waals surface area contributed by atoms with E-state index in [4.69, 9.17) is 4.52 Å². The molecule has 0 spiro atoms. The molecule has 4 rings (SSSR count). The largest absolute Gasteiger partial charge is 0.360 e. The molecule has 1 saturated heterocycles. The maximum absolute atomic E-state index is 12.2. The average molecular weight is 332 g/mol. The summed E-state index contributed by atoms with van der Waals surface area (Å²) in [5.41, 5.74) is 3.19. The Morgan fingerprint density at radius 3 is 3.04 bits per heavy atom. The molecule has 6 nitrogen and oxygen atoms in total. The fourth-order valence-corrected chi connectivity index (χ4v) is 4.21. The number of likely N-dealkylation sites (tertiary alicyclic amines) is 1. The first-order valence-electron chi connectivity index (χ1n) is 7.99. The topological polar surface area (TPSA) is 64.2 Å². The second-order valence-electron chi connectivity index (χ2n) is 6.43. The molecule has 2 aliphatic rings. The Labute approximate surface area is 138 Å². The van der Waals surface area contributed by atoms with Crippen LogP contribution >= 0.6 is 11.8 Å². The van der Waals surface area contributed by atoms with E-state index in [0.29, 0.717) is 12.5 Å². The second kappa shape index (κ2) is 6.13. The third-order valence-corrected chi connectivity index (χ3v) is 5.43. The van der Waals surface area contributed by atoms with E-state index in [-0.39, 0.29) is 5.56 Å². The molecule has 0 saturated carbocycles. The summed E-state index contributed by atoms with van der Waals surface area (Å²) in [7, 11) is 0. The van der Waals surface area contributed by atoms with Crippen molar-refractivity contribution in [3.63, 3.8) is 0 Å². The van der Waals surface area contributed by atoms with Crippen molar-refractivity contribution in [2.75, 3.05) is 18.8 Å². The SMILES string of the molecule is Cc1cc(CN2CC(Cn3nc4c(cc3=O)CSCC4)C2)on1. The maximum atomic E-state index is 12.2. The first-order chi connectivity index (χ1) is 11.2. The molecule has 2 aromatic rings. The second-order valence-corrected chi connectivity index (χ2v) is 7.54. The molecule has 0 amide bonds. The number of nitrogens with zero attached hydrogens (tertiary/aromatic N) is 4. The molecule has 0 aliphatic carbocycles. The van der Waals surface area contributed by atoms with E-state index in [9.17, 15) is 4.79 Å². The van der Waals surface area contributed by atoms with E-state index in [1.54, 1.807) is 10.7 Å². The van der Waals surface area contributed by atoms with Crippen LogP contribution in [-0.2, 0) is 25.3 Å². The molecule has 2 aromatic heterocycles. The van der Waals surface area contributed by atoms with E-state index in [0.717, 1.165) is 60.3 Å². The van der Waals surface area contributed by atoms with Crippen molar-refractivity contribution in [3.05, 3.63) is 45.2 Å². The maximum Gasteiger partial charge on any atom is 0.267 e. The summed E-state index contributed by atoms with van der Waals surface area (Å²) in [4.78, 5) is 14.5. The normalized spacial score (nSPS) is 18.7. The zero-order valence-electron chi connectivity index (χ0n) is 13.2. The Morgan fingerprint density at radius 2 is 2.26 bits per heavy atom. The van der Waals surface area contributed by atoms with Crippen molar-refractivity contribution in [3.8, 4) is 0 Å². The zero-order valence-corrected chi connectivity index (χ0v) is 14.0. The summed E-state index contributed by atoms with van der Waals surface area (Å²) >= 11 is 1.88. The minimum atomic E-state index is 0.0376. The van der Waals surface area contributed by atoms with Crippen molar-refractivity contribution >= 4 is 11.8 Å². The van der Waals surface area contributed by atoms with Crippen LogP contribution in [-0.4, -0.2) is 38.7 Å². The van der Waals surface area contributed by atoms with Crippen LogP contribution in [0.2, 0.25) is 0 Å². The summed E-state index contributed by atoms with van der Waals surface area (Å²) in [5.74, 6) is 3.42. The molecule has 0 bridgehead atoms. The molecule has 0 unspecified atom stereocenters. The molecule has 0 N–H and O–H groups in total. The Morgan fingerprint density at radius 1 is 1.39 bits per heavy atom. The third kappa shape index (κ3) is 3.21. The van der Waals surface area contributed by atoms with Crippen LogP contribution in [0, 0.1) is 12.8 Å². The van der Waals surface area contributed by atoms with Gasteiger partial charge in [-0.25, -0.2) is 4.68 Å². The predicted molar refractivity (Wildman–Crippen MR) is 88.4 cm³/mol. The van der Waals surface area contributed by atoms with E-state index in [1.165, 1.54) is 0 Å². The van der Waals surface area contributed by atoms with Gasteiger partial charge in [0.05, 0.1) is 24.5 Å². The highest BCUT2D eigenvalue weighted by Gasteiger charge is 2.28. The summed E-state index contributed by atoms with van der Waals surface area (Å²) in [5, 5.41) is 8.50. The lowest BCUT2D eigenvalue weighted by Crippen LogP contribution is -2.49. The van der Waals surface area contributed by atoms with Crippen LogP contribution in [0.15, 0.2) is 21.5 Å². The van der Waals surface area contributed by atoms with E-state index in [1.807, 2.05) is 24.8 Å². The molecule has 7 heteroatoms. The third-order valence-electron chi connectivity index (χ3n) is 4.43. The van der Waals surface area contributed by atoms with Crippen LogP contribution in [0.4, 0.5) is 0 Å². The Balaban J connectivity index is 1.36. The predicted octanol–water partition coefficient (Wildman–Crippen LogP) is 1.46. The lowest BCUT2D eigenvalue weighted by atomic mass is 10.00. The number of fused-ring (bicyclic) bond motifs is 1. The van der Waals surface area contributed by atoms with Gasteiger partial charge in [-0.15, -0.1) is 0 Å². The highest BCUT2D eigenvalue weighted by molar-refractivity contribution is 7.98. The van der Waals surface area contributed by atoms with Gasteiger partial charge in [0.25, 0.3) is 5.56 Å². The number of aryl methyl sites for hydroxylation is 2. The molecular formula is C16H20N4O2S. The van der Waals surface area contributed by atoms with Crippen LogP contribution in [0.5, 0.6) is 0 Å². The van der Waals surface area contributed by atoms with Crippen LogP contribution in [0.3, 0.4) is 0 Å². The average Bonchev–Trinajstić information content (AvgIpc) is 2.91. The van der Waals surface area contributed by atoms with E-state index >= 15 is 0 Å². The van der Waals surface area contributed by atoms with Gasteiger partial charge in [-0.05, 0) is 18.2 Å². The summed E-state index contributed by atoms with van der Waals surface area (Å²) in [6, 6.07) is 3.75. The molecule has 23 heavy (non-hydrogen) atoms. The number of rotatable bonds is 4. The van der Waals surface area contributed by atoms with Gasteiger partial charge in [-0.1, -0.05) is 5.16 Å². The van der Waals surface area contributed by atoms with Crippen LogP contribution in [0.25, 0.3) is 0 Å². The van der Waals surface area contributed by atoms with Gasteiger partial charge in [0.15, 0.2) is 5.76 Å². The molecule has 1 fully saturated rings. The molecule has 0 radical (unpaired) electrons. The van der Waals surface area contributed by atoms with Gasteiger partial charge in [0.2, 0.25) is 0 Å². The van der Waals surface area contributed by atoms with E-state index < -0.39 is 0 Å². The minimum Gasteiger partial charge on any atom is -0.360 e. The first kappa shape index (κ1) is 15.0. The number of thioether (sulfide) groups is 1. The molecule has 0 aromatic carbocycles. The highest BCUT2D eigenvalue weighted by Crippen LogP contribution is 2.23. The van der Waals surface area contributed by atoms with Crippen molar-refractivity contribution < 1.29 is 4.52 Å². The van der Waals surface area contributed by atoms with Gasteiger partial charge < -0.3 is 4.52 Å². The Hall–Kier alpha value is -1.60. The minimum absolute atomic E-state index is 0.0376. The molecule has 0 atom stereocenters. The number of hydrogen-bond donors (Lipinski definition) is 0. The molecule has 4 heterocycles. The number of aromatic nitrogens is 3. The Kier molecular flexibility index (Phi) is 3.98. The first-order valence-corrected chi connectivity index (χ1v) is 9.15. The van der Waals surface area contributed by atoms with Crippen LogP contribution < -0.4 is 5.56 Å². The molecule has 2 aliphatic heterocycles. The quantitative estimate of drug-likeness (QED) is 0.845. The van der Waals surface area contributed by atoms with Gasteiger partial charge in [0, 0.05) is 43.3 Å². The zero-order chi connectivity index (χ0) is 15.8. The molecular weight excluding hydrogens is 312 g/mol. The van der Waals surface area contributed by atoms with Gasteiger partial charge in [0.1, 0.15) is 0 Å². The van der Waals surface area contributed by atoms with Gasteiger partial charge >= 0.3 is 0 Å². The van der Waals surface area contributed by atoms with Crippen LogP contribution in [0.1, 0.15) is 22.7 Å². The summed E-state index contributed by atoms with van der Waals surface area (Å²) in [6.45, 7) is 5.38. The fraction of sp³-hybridized carbons (Fsp3) is 0.562. The smallest absolute Gasteiger partial charge is 0.267 e. The monoisotopic (exact) mass is 332 g/mol. The van der Waals surface area contributed by atoms with Gasteiger partial charge in [-0.2, -0.15) is 16.9 Å². The van der Waals surface area contributed by atoms with Gasteiger partial charge in [-0.3, -0.25) is 9.69 Å². The van der Waals surface area contributed by atoms with Crippen molar-refractivity contribution in [1.29, 1.82) is 0 Å². The summed E-state index contributed by atoms with van der Waals surface area (Å²) < 4.78 is 6.91. The standard InChI is InChI=1S/C16H20N4O2S/c1-11-4-14(22-18-11)9-19-6-12(7-19)8-20-16(21)5-13-10-23-3-2-15(13)17-20/h4-5,12H,2-3,6-10H2,1H3. The lowest BCUT2D eigenvalue weighted by Gasteiger charge is -2.38. The van der Waals surface area contributed by atoms with E-state index in [2.05, 4.69) is 15.2 Å². The van der Waals surface area contributed by atoms with Crippen molar-refractivity contribution in [2.24, 2.45) is 5.92 Å². The van der Waals surface area contributed by atoms with Crippen molar-refractivity contribution in [2.45, 2.75) is 32.2 Å². The lowest BCUT2D eigenvalue weighted by molar-refractivity contribution is 0.0674. The van der Waals surface area contributed by atoms with Crippen molar-refractivity contribution in [1.82, 2.24) is 19.8 Å². The number of hydrogen-bond acceptors (Lipinski definition) is 6.